The summed E-state index contributed by atoms with van der Waals surface area (Å²) in [6.45, 7) is -0.151. The van der Waals surface area contributed by atoms with E-state index in [1.807, 2.05) is 24.5 Å². The molecule has 3 heterocycles. The van der Waals surface area contributed by atoms with E-state index in [0.717, 1.165) is 4.90 Å². The highest BCUT2D eigenvalue weighted by atomic mass is 32.2. The van der Waals surface area contributed by atoms with E-state index in [4.69, 9.17) is 4.52 Å². The Kier molecular flexibility index (Phi) is 5.66. The SMILES string of the molecule is CSc1cccc(NC(=O)Cn2cc(-c3nc(-c4cnccn4)no3)ccc2=O)c1. The Morgan fingerprint density at radius 3 is 2.93 bits per heavy atom. The van der Waals surface area contributed by atoms with Gasteiger partial charge in [-0.1, -0.05) is 11.2 Å². The molecule has 0 bridgehead atoms. The van der Waals surface area contributed by atoms with Crippen molar-refractivity contribution in [2.45, 2.75) is 11.4 Å². The number of hydrogen-bond acceptors (Lipinski definition) is 8. The van der Waals surface area contributed by atoms with Crippen LogP contribution in [-0.4, -0.2) is 36.8 Å². The number of nitrogens with zero attached hydrogens (tertiary/aromatic N) is 5. The quantitative estimate of drug-likeness (QED) is 0.473. The highest BCUT2D eigenvalue weighted by Crippen LogP contribution is 2.20. The van der Waals surface area contributed by atoms with Crippen LogP contribution in [0.15, 0.2) is 75.4 Å². The fourth-order valence-corrected chi connectivity index (χ4v) is 3.16. The number of benzene rings is 1. The molecule has 1 N–H and O–H groups in total. The molecule has 9 nitrogen and oxygen atoms in total. The fourth-order valence-electron chi connectivity index (χ4n) is 2.70. The van der Waals surface area contributed by atoms with E-state index in [1.165, 1.54) is 29.2 Å². The first-order valence-corrected chi connectivity index (χ1v) is 10.1. The normalized spacial score (nSPS) is 10.7. The number of amides is 1. The third-order valence-electron chi connectivity index (χ3n) is 4.12. The van der Waals surface area contributed by atoms with Crippen LogP contribution in [0.2, 0.25) is 0 Å². The molecule has 0 spiro atoms. The van der Waals surface area contributed by atoms with Gasteiger partial charge in [-0.3, -0.25) is 14.6 Å². The summed E-state index contributed by atoms with van der Waals surface area (Å²) in [5, 5.41) is 6.69. The molecular weight excluding hydrogens is 404 g/mol. The Morgan fingerprint density at radius 2 is 2.13 bits per heavy atom. The van der Waals surface area contributed by atoms with E-state index in [2.05, 4.69) is 25.4 Å². The standard InChI is InChI=1S/C20H16N6O3S/c1-30-15-4-2-3-14(9-15)23-17(27)12-26-11-13(5-6-18(26)28)20-24-19(25-29-20)16-10-21-7-8-22-16/h2-11H,12H2,1H3,(H,23,27). The van der Waals surface area contributed by atoms with Crippen LogP contribution in [0.3, 0.4) is 0 Å². The molecule has 150 valence electrons. The fraction of sp³-hybridized carbons (Fsp3) is 0.100. The number of thioether (sulfide) groups is 1. The maximum absolute atomic E-state index is 12.4. The van der Waals surface area contributed by atoms with Crippen molar-refractivity contribution < 1.29 is 9.32 Å². The zero-order chi connectivity index (χ0) is 20.9. The Hall–Kier alpha value is -3.79. The van der Waals surface area contributed by atoms with Crippen molar-refractivity contribution in [3.8, 4) is 23.0 Å². The number of nitrogens with one attached hydrogen (secondary N) is 1. The largest absolute Gasteiger partial charge is 0.333 e. The lowest BCUT2D eigenvalue weighted by molar-refractivity contribution is -0.116. The molecule has 0 aliphatic heterocycles. The molecule has 0 saturated carbocycles. The van der Waals surface area contributed by atoms with Crippen molar-refractivity contribution >= 4 is 23.4 Å². The summed E-state index contributed by atoms with van der Waals surface area (Å²) >= 11 is 1.58. The van der Waals surface area contributed by atoms with Gasteiger partial charge in [-0.25, -0.2) is 4.98 Å². The number of pyridine rings is 1. The smallest absolute Gasteiger partial charge is 0.259 e. The van der Waals surface area contributed by atoms with Gasteiger partial charge < -0.3 is 14.4 Å². The van der Waals surface area contributed by atoms with Gasteiger partial charge in [0.25, 0.3) is 11.4 Å². The Bertz CT molecular complexity index is 1240. The lowest BCUT2D eigenvalue weighted by Gasteiger charge is -2.09. The van der Waals surface area contributed by atoms with Gasteiger partial charge in [0.1, 0.15) is 12.2 Å². The third-order valence-corrected chi connectivity index (χ3v) is 4.84. The molecule has 0 fully saturated rings. The molecule has 4 rings (SSSR count). The summed E-state index contributed by atoms with van der Waals surface area (Å²) in [7, 11) is 0. The van der Waals surface area contributed by atoms with Gasteiger partial charge in [-0.2, -0.15) is 4.98 Å². The molecule has 1 aromatic carbocycles. The van der Waals surface area contributed by atoms with Crippen molar-refractivity contribution in [1.29, 1.82) is 0 Å². The topological polar surface area (TPSA) is 116 Å². The molecule has 0 aliphatic carbocycles. The van der Waals surface area contributed by atoms with Crippen LogP contribution >= 0.6 is 11.8 Å². The van der Waals surface area contributed by atoms with Crippen molar-refractivity contribution in [1.82, 2.24) is 24.7 Å². The highest BCUT2D eigenvalue weighted by Gasteiger charge is 2.14. The summed E-state index contributed by atoms with van der Waals surface area (Å²) in [6, 6.07) is 10.4. The van der Waals surface area contributed by atoms with Crippen molar-refractivity contribution in [3.05, 3.63) is 71.5 Å². The number of rotatable bonds is 6. The molecule has 4 aromatic rings. The summed E-state index contributed by atoms with van der Waals surface area (Å²) in [5.41, 5.74) is 1.32. The second-order valence-electron chi connectivity index (χ2n) is 6.18. The van der Waals surface area contributed by atoms with Crippen LogP contribution in [0.4, 0.5) is 5.69 Å². The maximum atomic E-state index is 12.4. The Labute approximate surface area is 175 Å². The first kappa shape index (κ1) is 19.5. The van der Waals surface area contributed by atoms with Crippen molar-refractivity contribution in [2.75, 3.05) is 11.6 Å². The number of aromatic nitrogens is 5. The summed E-state index contributed by atoms with van der Waals surface area (Å²) in [4.78, 5) is 38.1. The molecule has 30 heavy (non-hydrogen) atoms. The van der Waals surface area contributed by atoms with Crippen LogP contribution in [0.1, 0.15) is 0 Å². The van der Waals surface area contributed by atoms with E-state index in [0.29, 0.717) is 16.9 Å². The van der Waals surface area contributed by atoms with E-state index < -0.39 is 0 Å². The predicted octanol–water partition coefficient (Wildman–Crippen LogP) is 2.72. The number of hydrogen-bond donors (Lipinski definition) is 1. The number of carbonyl (C=O) groups is 1. The predicted molar refractivity (Wildman–Crippen MR) is 112 cm³/mol. The molecule has 0 unspecified atom stereocenters. The van der Waals surface area contributed by atoms with Crippen LogP contribution in [0.25, 0.3) is 23.0 Å². The van der Waals surface area contributed by atoms with E-state index in [-0.39, 0.29) is 29.7 Å². The minimum absolute atomic E-state index is 0.151. The van der Waals surface area contributed by atoms with Crippen molar-refractivity contribution in [2.24, 2.45) is 0 Å². The van der Waals surface area contributed by atoms with Crippen LogP contribution < -0.4 is 10.9 Å². The van der Waals surface area contributed by atoms with Crippen molar-refractivity contribution in [3.63, 3.8) is 0 Å². The summed E-state index contributed by atoms with van der Waals surface area (Å²) < 4.78 is 6.57. The zero-order valence-electron chi connectivity index (χ0n) is 15.8. The molecule has 0 aliphatic rings. The minimum Gasteiger partial charge on any atom is -0.333 e. The maximum Gasteiger partial charge on any atom is 0.259 e. The van der Waals surface area contributed by atoms with Crippen LogP contribution in [0, 0.1) is 0 Å². The number of carbonyl (C=O) groups excluding carboxylic acids is 1. The monoisotopic (exact) mass is 420 g/mol. The minimum atomic E-state index is -0.321. The van der Waals surface area contributed by atoms with Gasteiger partial charge in [-0.15, -0.1) is 11.8 Å². The highest BCUT2D eigenvalue weighted by molar-refractivity contribution is 7.98. The molecule has 0 radical (unpaired) electrons. The van der Waals surface area contributed by atoms with Gasteiger partial charge in [0.15, 0.2) is 0 Å². The van der Waals surface area contributed by atoms with E-state index in [9.17, 15) is 9.59 Å². The second kappa shape index (κ2) is 8.70. The van der Waals surface area contributed by atoms with Crippen LogP contribution in [0.5, 0.6) is 0 Å². The first-order valence-electron chi connectivity index (χ1n) is 8.87. The average Bonchev–Trinajstić information content (AvgIpc) is 3.26. The number of anilines is 1. The molecule has 3 aromatic heterocycles. The lowest BCUT2D eigenvalue weighted by Crippen LogP contribution is -2.26. The molecule has 10 heteroatoms. The van der Waals surface area contributed by atoms with Gasteiger partial charge >= 0.3 is 0 Å². The van der Waals surface area contributed by atoms with Gasteiger partial charge in [0, 0.05) is 35.2 Å². The Morgan fingerprint density at radius 1 is 1.23 bits per heavy atom. The van der Waals surface area contributed by atoms with E-state index in [1.54, 1.807) is 30.1 Å². The third kappa shape index (κ3) is 4.44. The van der Waals surface area contributed by atoms with E-state index >= 15 is 0 Å². The second-order valence-corrected chi connectivity index (χ2v) is 7.06. The van der Waals surface area contributed by atoms with Crippen LogP contribution in [-0.2, 0) is 11.3 Å². The Balaban J connectivity index is 1.53. The molecule has 0 saturated heterocycles. The molecular formula is C20H16N6O3S. The molecule has 0 atom stereocenters. The summed E-state index contributed by atoms with van der Waals surface area (Å²) in [6.07, 6.45) is 8.06. The molecule has 1 amide bonds. The van der Waals surface area contributed by atoms with Gasteiger partial charge in [0.2, 0.25) is 11.7 Å². The first-order chi connectivity index (χ1) is 14.6. The lowest BCUT2D eigenvalue weighted by atomic mass is 10.2. The van der Waals surface area contributed by atoms with Gasteiger partial charge in [0.05, 0.1) is 11.8 Å². The van der Waals surface area contributed by atoms with Gasteiger partial charge in [-0.05, 0) is 30.5 Å². The zero-order valence-corrected chi connectivity index (χ0v) is 16.7. The average molecular weight is 420 g/mol. The summed E-state index contributed by atoms with van der Waals surface area (Å²) in [5.74, 6) is 0.165.